The van der Waals surface area contributed by atoms with Crippen LogP contribution in [0.4, 0.5) is 11.4 Å². The Balaban J connectivity index is 1.18. The SMILES string of the molecule is CC(C)(C)c1cc(N2CN(c3cccc(Oc4ccc5c6ccccc6n(-c6cc(C(C)(C)C)ccn6)c5c4)c3)C=C2C(C)(C)c2ccccc2)cc(C(C)(C)C)c1. The van der Waals surface area contributed by atoms with Crippen molar-refractivity contribution < 1.29 is 4.74 Å². The quantitative estimate of drug-likeness (QED) is 0.162. The summed E-state index contributed by atoms with van der Waals surface area (Å²) in [5, 5.41) is 2.36. The zero-order chi connectivity index (χ0) is 41.2. The van der Waals surface area contributed by atoms with E-state index in [9.17, 15) is 0 Å². The molecule has 0 bridgehead atoms. The molecule has 5 heteroatoms. The van der Waals surface area contributed by atoms with E-state index >= 15 is 0 Å². The van der Waals surface area contributed by atoms with Gasteiger partial charge in [0.25, 0.3) is 0 Å². The highest BCUT2D eigenvalue weighted by Crippen LogP contribution is 2.44. The van der Waals surface area contributed by atoms with Crippen molar-refractivity contribution in [1.29, 1.82) is 0 Å². The van der Waals surface area contributed by atoms with Gasteiger partial charge in [-0.15, -0.1) is 0 Å². The van der Waals surface area contributed by atoms with Crippen LogP contribution in [0.1, 0.15) is 98.4 Å². The molecule has 0 N–H and O–H groups in total. The zero-order valence-corrected chi connectivity index (χ0v) is 36.2. The Morgan fingerprint density at radius 1 is 0.500 bits per heavy atom. The first-order valence-corrected chi connectivity index (χ1v) is 20.6. The summed E-state index contributed by atoms with van der Waals surface area (Å²) < 4.78 is 9.00. The summed E-state index contributed by atoms with van der Waals surface area (Å²) in [5.74, 6) is 2.46. The van der Waals surface area contributed by atoms with E-state index in [1.165, 1.54) is 44.4 Å². The molecule has 1 aliphatic rings. The lowest BCUT2D eigenvalue weighted by Gasteiger charge is -2.36. The maximum Gasteiger partial charge on any atom is 0.137 e. The predicted octanol–water partition coefficient (Wildman–Crippen LogP) is 14.0. The fraction of sp³-hybridized carbons (Fsp3) is 0.302. The number of nitrogens with zero attached hydrogens (tertiary/aromatic N) is 4. The maximum atomic E-state index is 6.74. The van der Waals surface area contributed by atoms with Crippen molar-refractivity contribution in [3.05, 3.63) is 168 Å². The molecule has 0 saturated heterocycles. The highest BCUT2D eigenvalue weighted by Gasteiger charge is 2.37. The number of pyridine rings is 1. The van der Waals surface area contributed by atoms with Crippen molar-refractivity contribution >= 4 is 33.2 Å². The number of benzene rings is 5. The van der Waals surface area contributed by atoms with Gasteiger partial charge in [0.05, 0.1) is 17.7 Å². The smallest absolute Gasteiger partial charge is 0.137 e. The van der Waals surface area contributed by atoms with Crippen LogP contribution in [0.25, 0.3) is 27.6 Å². The lowest BCUT2D eigenvalue weighted by atomic mass is 9.79. The minimum atomic E-state index is -0.265. The average molecular weight is 767 g/mol. The van der Waals surface area contributed by atoms with E-state index in [4.69, 9.17) is 9.72 Å². The normalized spacial score (nSPS) is 14.1. The third kappa shape index (κ3) is 7.39. The van der Waals surface area contributed by atoms with Crippen molar-refractivity contribution in [2.45, 2.75) is 97.8 Å². The van der Waals surface area contributed by atoms with Gasteiger partial charge >= 0.3 is 0 Å². The van der Waals surface area contributed by atoms with Gasteiger partial charge in [-0.1, -0.05) is 137 Å². The second kappa shape index (κ2) is 14.2. The molecule has 8 rings (SSSR count). The first-order chi connectivity index (χ1) is 27.4. The molecule has 0 unspecified atom stereocenters. The second-order valence-electron chi connectivity index (χ2n) is 19.6. The van der Waals surface area contributed by atoms with Crippen LogP contribution >= 0.6 is 0 Å². The van der Waals surface area contributed by atoms with E-state index in [2.05, 4.69) is 218 Å². The molecule has 0 amide bonds. The van der Waals surface area contributed by atoms with Crippen molar-refractivity contribution in [2.75, 3.05) is 16.5 Å². The largest absolute Gasteiger partial charge is 0.457 e. The number of ether oxygens (including phenoxy) is 1. The molecule has 7 aromatic rings. The van der Waals surface area contributed by atoms with E-state index < -0.39 is 0 Å². The average Bonchev–Trinajstić information content (AvgIpc) is 3.78. The van der Waals surface area contributed by atoms with E-state index in [1.807, 2.05) is 12.3 Å². The van der Waals surface area contributed by atoms with Crippen molar-refractivity contribution in [3.63, 3.8) is 0 Å². The molecule has 0 spiro atoms. The van der Waals surface area contributed by atoms with Gasteiger partial charge in [0.1, 0.15) is 17.3 Å². The number of hydrogen-bond acceptors (Lipinski definition) is 4. The Kier molecular flexibility index (Phi) is 9.58. The van der Waals surface area contributed by atoms with Gasteiger partial charge in [0.2, 0.25) is 0 Å². The van der Waals surface area contributed by atoms with E-state index in [0.717, 1.165) is 34.0 Å². The Labute approximate surface area is 345 Å². The highest BCUT2D eigenvalue weighted by molar-refractivity contribution is 6.09. The Hall–Kier alpha value is -5.81. The molecule has 1 aliphatic heterocycles. The number of anilines is 2. The molecule has 58 heavy (non-hydrogen) atoms. The van der Waals surface area contributed by atoms with Gasteiger partial charge in [0.15, 0.2) is 0 Å². The monoisotopic (exact) mass is 766 g/mol. The number of para-hydroxylation sites is 1. The summed E-state index contributed by atoms with van der Waals surface area (Å²) in [6.45, 7) is 25.9. The third-order valence-corrected chi connectivity index (χ3v) is 11.8. The second-order valence-corrected chi connectivity index (χ2v) is 19.6. The molecule has 0 saturated carbocycles. The number of aromatic nitrogens is 2. The molecule has 5 nitrogen and oxygen atoms in total. The summed E-state index contributed by atoms with van der Waals surface area (Å²) in [6, 6.07) is 45.9. The first-order valence-electron chi connectivity index (χ1n) is 20.6. The third-order valence-electron chi connectivity index (χ3n) is 11.8. The van der Waals surface area contributed by atoms with Gasteiger partial charge < -0.3 is 14.5 Å². The number of fused-ring (bicyclic) bond motifs is 3. The molecule has 0 aliphatic carbocycles. The molecule has 0 radical (unpaired) electrons. The molecule has 3 heterocycles. The molecule has 0 atom stereocenters. The Morgan fingerprint density at radius 2 is 1.14 bits per heavy atom. The summed E-state index contributed by atoms with van der Waals surface area (Å²) in [7, 11) is 0. The summed E-state index contributed by atoms with van der Waals surface area (Å²) in [5.41, 5.74) is 10.7. The molecular formula is C53H58N4O. The van der Waals surface area contributed by atoms with Crippen molar-refractivity contribution in [2.24, 2.45) is 0 Å². The van der Waals surface area contributed by atoms with Crippen LogP contribution in [-0.2, 0) is 21.7 Å². The lowest BCUT2D eigenvalue weighted by Crippen LogP contribution is -2.34. The van der Waals surface area contributed by atoms with Gasteiger partial charge in [-0.05, 0) is 93.1 Å². The van der Waals surface area contributed by atoms with Crippen LogP contribution < -0.4 is 14.5 Å². The first kappa shape index (κ1) is 39.0. The minimum Gasteiger partial charge on any atom is -0.457 e. The highest BCUT2D eigenvalue weighted by atomic mass is 16.5. The molecule has 0 fully saturated rings. The van der Waals surface area contributed by atoms with Crippen molar-refractivity contribution in [1.82, 2.24) is 9.55 Å². The molecule has 5 aromatic carbocycles. The lowest BCUT2D eigenvalue weighted by molar-refractivity contribution is 0.483. The standard InChI is InChI=1S/C53H58N4O/c1-50(2,3)37-26-27-54-49(31-37)57-46-23-16-15-22-44(46)45-25-24-43(33-47(45)57)58-42-21-17-20-40(32-42)55-34-48(53(10,11)36-18-13-12-14-19-36)56(35-55)41-29-38(51(4,5)6)28-39(30-41)52(7,8)9/h12-34H,35H2,1-11H3. The van der Waals surface area contributed by atoms with Gasteiger partial charge in [-0.2, -0.15) is 0 Å². The van der Waals surface area contributed by atoms with Crippen LogP contribution in [0, 0.1) is 0 Å². The Bertz CT molecular complexity index is 2630. The maximum absolute atomic E-state index is 6.74. The van der Waals surface area contributed by atoms with Crippen LogP contribution in [0.3, 0.4) is 0 Å². The Morgan fingerprint density at radius 3 is 1.83 bits per heavy atom. The van der Waals surface area contributed by atoms with Crippen LogP contribution in [0.15, 0.2) is 145 Å². The zero-order valence-electron chi connectivity index (χ0n) is 36.2. The summed E-state index contributed by atoms with van der Waals surface area (Å²) in [4.78, 5) is 9.75. The number of allylic oxidation sites excluding steroid dienone is 1. The van der Waals surface area contributed by atoms with Crippen LogP contribution in [0.2, 0.25) is 0 Å². The van der Waals surface area contributed by atoms with Crippen LogP contribution in [0.5, 0.6) is 11.5 Å². The topological polar surface area (TPSA) is 33.5 Å². The number of rotatable bonds is 7. The molecule has 296 valence electrons. The minimum absolute atomic E-state index is 0.00118. The predicted molar refractivity (Wildman–Crippen MR) is 245 cm³/mol. The summed E-state index contributed by atoms with van der Waals surface area (Å²) >= 11 is 0. The van der Waals surface area contributed by atoms with Crippen molar-refractivity contribution in [3.8, 4) is 17.3 Å². The van der Waals surface area contributed by atoms with E-state index in [-0.39, 0.29) is 21.7 Å². The molecule has 2 aromatic heterocycles. The fourth-order valence-electron chi connectivity index (χ4n) is 8.13. The van der Waals surface area contributed by atoms with Gasteiger partial charge in [-0.25, -0.2) is 4.98 Å². The number of hydrogen-bond donors (Lipinski definition) is 0. The van der Waals surface area contributed by atoms with Gasteiger partial charge in [0, 0.05) is 57.8 Å². The summed E-state index contributed by atoms with van der Waals surface area (Å²) in [6.07, 6.45) is 4.27. The fourth-order valence-corrected chi connectivity index (χ4v) is 8.13. The van der Waals surface area contributed by atoms with Crippen LogP contribution in [-0.4, -0.2) is 16.2 Å². The molecular weight excluding hydrogens is 709 g/mol. The van der Waals surface area contributed by atoms with E-state index in [0.29, 0.717) is 6.67 Å². The van der Waals surface area contributed by atoms with Gasteiger partial charge in [-0.3, -0.25) is 4.57 Å². The van der Waals surface area contributed by atoms with E-state index in [1.54, 1.807) is 0 Å².